The van der Waals surface area contributed by atoms with Crippen LogP contribution in [0, 0.1) is 11.6 Å². The molecule has 1 unspecified atom stereocenters. The summed E-state index contributed by atoms with van der Waals surface area (Å²) in [4.78, 5) is 0. The van der Waals surface area contributed by atoms with Crippen LogP contribution in [0.2, 0.25) is 0 Å². The van der Waals surface area contributed by atoms with Gasteiger partial charge in [-0.25, -0.2) is 8.78 Å². The Morgan fingerprint density at radius 3 is 2.37 bits per heavy atom. The minimum Gasteiger partial charge on any atom is -0.497 e. The van der Waals surface area contributed by atoms with Gasteiger partial charge in [0.05, 0.1) is 7.11 Å². The van der Waals surface area contributed by atoms with E-state index >= 15 is 0 Å². The topological polar surface area (TPSA) is 21.3 Å². The van der Waals surface area contributed by atoms with E-state index in [0.717, 1.165) is 17.5 Å². The van der Waals surface area contributed by atoms with Crippen molar-refractivity contribution in [1.82, 2.24) is 0 Å². The van der Waals surface area contributed by atoms with Crippen LogP contribution in [0.1, 0.15) is 18.5 Å². The van der Waals surface area contributed by atoms with Crippen molar-refractivity contribution in [3.05, 3.63) is 59.7 Å². The Balaban J connectivity index is 2.17. The van der Waals surface area contributed by atoms with Crippen molar-refractivity contribution in [1.29, 1.82) is 0 Å². The molecule has 0 aromatic heterocycles. The van der Waals surface area contributed by atoms with E-state index in [1.807, 2.05) is 31.2 Å². The van der Waals surface area contributed by atoms with Crippen molar-refractivity contribution >= 4 is 5.69 Å². The number of hydrogen-bond donors (Lipinski definition) is 1. The minimum atomic E-state index is -0.575. The van der Waals surface area contributed by atoms with Crippen molar-refractivity contribution in [3.63, 3.8) is 0 Å². The van der Waals surface area contributed by atoms with Crippen LogP contribution in [-0.4, -0.2) is 7.11 Å². The van der Waals surface area contributed by atoms with Gasteiger partial charge in [0.15, 0.2) is 0 Å². The number of methoxy groups -OCH3 is 1. The van der Waals surface area contributed by atoms with E-state index in [4.69, 9.17) is 4.74 Å². The van der Waals surface area contributed by atoms with Gasteiger partial charge in [-0.15, -0.1) is 0 Å². The molecular weight excluding hydrogens is 248 g/mol. The third kappa shape index (κ3) is 3.44. The van der Waals surface area contributed by atoms with Crippen LogP contribution in [0.15, 0.2) is 42.5 Å². The van der Waals surface area contributed by atoms with E-state index in [-0.39, 0.29) is 6.04 Å². The minimum absolute atomic E-state index is 0.211. The fraction of sp³-hybridized carbons (Fsp3) is 0.200. The number of nitrogens with one attached hydrogen (secondary N) is 1. The molecule has 100 valence electrons. The molecule has 0 saturated heterocycles. The van der Waals surface area contributed by atoms with E-state index < -0.39 is 11.6 Å². The van der Waals surface area contributed by atoms with Gasteiger partial charge < -0.3 is 10.1 Å². The van der Waals surface area contributed by atoms with Crippen LogP contribution in [0.5, 0.6) is 5.75 Å². The normalized spacial score (nSPS) is 12.0. The van der Waals surface area contributed by atoms with E-state index in [1.54, 1.807) is 7.11 Å². The zero-order chi connectivity index (χ0) is 13.8. The first-order valence-electron chi connectivity index (χ1n) is 5.95. The van der Waals surface area contributed by atoms with Crippen molar-refractivity contribution in [3.8, 4) is 5.75 Å². The molecule has 0 radical (unpaired) electrons. The van der Waals surface area contributed by atoms with Crippen LogP contribution in [0.25, 0.3) is 0 Å². The molecule has 0 aliphatic carbocycles. The molecule has 2 rings (SSSR count). The van der Waals surface area contributed by atoms with Gasteiger partial charge in [0.1, 0.15) is 17.4 Å². The number of benzene rings is 2. The smallest absolute Gasteiger partial charge is 0.126 e. The molecule has 0 aliphatic heterocycles. The van der Waals surface area contributed by atoms with E-state index in [1.165, 1.54) is 12.1 Å². The molecule has 2 aromatic carbocycles. The van der Waals surface area contributed by atoms with Gasteiger partial charge in [0.2, 0.25) is 0 Å². The molecule has 0 aliphatic rings. The summed E-state index contributed by atoms with van der Waals surface area (Å²) in [6.45, 7) is 1.84. The summed E-state index contributed by atoms with van der Waals surface area (Å²) in [6, 6.07) is 10.7. The van der Waals surface area contributed by atoms with Gasteiger partial charge in [-0.05, 0) is 36.8 Å². The highest BCUT2D eigenvalue weighted by molar-refractivity contribution is 5.49. The summed E-state index contributed by atoms with van der Waals surface area (Å²) in [5, 5.41) is 3.17. The lowest BCUT2D eigenvalue weighted by molar-refractivity contribution is 0.415. The first-order valence-corrected chi connectivity index (χ1v) is 5.95. The van der Waals surface area contributed by atoms with Gasteiger partial charge >= 0.3 is 0 Å². The summed E-state index contributed by atoms with van der Waals surface area (Å²) in [7, 11) is 1.59. The first kappa shape index (κ1) is 13.3. The average Bonchev–Trinajstić information content (AvgIpc) is 2.37. The summed E-state index contributed by atoms with van der Waals surface area (Å²) in [5.74, 6) is -0.425. The molecule has 2 aromatic rings. The van der Waals surface area contributed by atoms with Crippen molar-refractivity contribution < 1.29 is 13.5 Å². The molecule has 1 N–H and O–H groups in total. The Morgan fingerprint density at radius 2 is 1.74 bits per heavy atom. The predicted molar refractivity (Wildman–Crippen MR) is 71.4 cm³/mol. The zero-order valence-corrected chi connectivity index (χ0v) is 10.8. The zero-order valence-electron chi connectivity index (χ0n) is 10.8. The molecule has 19 heavy (non-hydrogen) atoms. The van der Waals surface area contributed by atoms with Gasteiger partial charge in [-0.2, -0.15) is 0 Å². The second-order valence-corrected chi connectivity index (χ2v) is 4.30. The largest absolute Gasteiger partial charge is 0.497 e. The molecule has 1 atom stereocenters. The third-order valence-electron chi connectivity index (χ3n) is 2.84. The van der Waals surface area contributed by atoms with Crippen LogP contribution >= 0.6 is 0 Å². The van der Waals surface area contributed by atoms with Crippen LogP contribution in [-0.2, 0) is 0 Å². The third-order valence-corrected chi connectivity index (χ3v) is 2.84. The Hall–Kier alpha value is -2.10. The van der Waals surface area contributed by atoms with Crippen LogP contribution in [0.4, 0.5) is 14.5 Å². The molecule has 0 bridgehead atoms. The highest BCUT2D eigenvalue weighted by Gasteiger charge is 2.09. The molecule has 0 fully saturated rings. The quantitative estimate of drug-likeness (QED) is 0.894. The highest BCUT2D eigenvalue weighted by atomic mass is 19.1. The van der Waals surface area contributed by atoms with Gasteiger partial charge in [0.25, 0.3) is 0 Å². The fourth-order valence-electron chi connectivity index (χ4n) is 1.87. The number of ether oxygens (including phenoxy) is 1. The molecule has 0 heterocycles. The van der Waals surface area contributed by atoms with Crippen molar-refractivity contribution in [2.24, 2.45) is 0 Å². The van der Waals surface area contributed by atoms with E-state index in [0.29, 0.717) is 5.56 Å². The maximum absolute atomic E-state index is 13.2. The molecule has 0 spiro atoms. The fourth-order valence-corrected chi connectivity index (χ4v) is 1.87. The van der Waals surface area contributed by atoms with Crippen molar-refractivity contribution in [2.45, 2.75) is 13.0 Å². The predicted octanol–water partition coefficient (Wildman–Crippen LogP) is 4.15. The highest BCUT2D eigenvalue weighted by Crippen LogP contribution is 2.23. The molecule has 0 amide bonds. The van der Waals surface area contributed by atoms with E-state index in [9.17, 15) is 8.78 Å². The van der Waals surface area contributed by atoms with Crippen LogP contribution in [0.3, 0.4) is 0 Å². The maximum atomic E-state index is 13.2. The van der Waals surface area contributed by atoms with Crippen LogP contribution < -0.4 is 10.1 Å². The Labute approximate surface area is 111 Å². The van der Waals surface area contributed by atoms with Gasteiger partial charge in [-0.3, -0.25) is 0 Å². The van der Waals surface area contributed by atoms with E-state index in [2.05, 4.69) is 5.32 Å². The monoisotopic (exact) mass is 263 g/mol. The van der Waals surface area contributed by atoms with Gasteiger partial charge in [0, 0.05) is 23.9 Å². The Kier molecular flexibility index (Phi) is 4.00. The molecular formula is C15H15F2NO. The molecule has 4 heteroatoms. The van der Waals surface area contributed by atoms with Crippen molar-refractivity contribution in [2.75, 3.05) is 12.4 Å². The number of rotatable bonds is 4. The summed E-state index contributed by atoms with van der Waals surface area (Å²) in [6.07, 6.45) is 0. The Morgan fingerprint density at radius 1 is 1.05 bits per heavy atom. The standard InChI is InChI=1S/C15H15F2NO/c1-10(11-6-12(16)8-13(17)7-11)18-14-4-3-5-15(9-14)19-2/h3-10,18H,1-2H3. The summed E-state index contributed by atoms with van der Waals surface area (Å²) in [5.41, 5.74) is 1.39. The van der Waals surface area contributed by atoms with Gasteiger partial charge in [-0.1, -0.05) is 6.07 Å². The second kappa shape index (κ2) is 5.69. The molecule has 2 nitrogen and oxygen atoms in total. The maximum Gasteiger partial charge on any atom is 0.126 e. The first-order chi connectivity index (χ1) is 9.08. The lowest BCUT2D eigenvalue weighted by atomic mass is 10.1. The SMILES string of the molecule is COc1cccc(NC(C)c2cc(F)cc(F)c2)c1. The number of halogens is 2. The summed E-state index contributed by atoms with van der Waals surface area (Å²) >= 11 is 0. The number of anilines is 1. The lowest BCUT2D eigenvalue weighted by Crippen LogP contribution is -2.07. The Bertz CT molecular complexity index is 552. The second-order valence-electron chi connectivity index (χ2n) is 4.30. The number of hydrogen-bond acceptors (Lipinski definition) is 2. The average molecular weight is 263 g/mol. The molecule has 0 saturated carbocycles. The lowest BCUT2D eigenvalue weighted by Gasteiger charge is -2.16. The summed E-state index contributed by atoms with van der Waals surface area (Å²) < 4.78 is 31.4.